The summed E-state index contributed by atoms with van der Waals surface area (Å²) in [6.45, 7) is 5.88. The highest BCUT2D eigenvalue weighted by Crippen LogP contribution is 2.20. The van der Waals surface area contributed by atoms with E-state index < -0.39 is 42.0 Å². The highest BCUT2D eigenvalue weighted by molar-refractivity contribution is 5.94. The van der Waals surface area contributed by atoms with Gasteiger partial charge in [-0.05, 0) is 45.1 Å². The van der Waals surface area contributed by atoms with Gasteiger partial charge >= 0.3 is 5.97 Å². The van der Waals surface area contributed by atoms with E-state index in [1.54, 1.807) is 13.8 Å². The fourth-order valence-electron chi connectivity index (χ4n) is 3.27. The van der Waals surface area contributed by atoms with E-state index in [1.807, 2.05) is 0 Å². The summed E-state index contributed by atoms with van der Waals surface area (Å²) in [5.41, 5.74) is 11.4. The molecule has 0 saturated carbocycles. The van der Waals surface area contributed by atoms with Gasteiger partial charge in [0, 0.05) is 6.54 Å². The molecule has 1 fully saturated rings. The zero-order valence-corrected chi connectivity index (χ0v) is 17.5. The molecular weight excluding hydrogens is 378 g/mol. The molecule has 1 saturated heterocycles. The summed E-state index contributed by atoms with van der Waals surface area (Å²) >= 11 is 0. The Morgan fingerprint density at radius 1 is 1.14 bits per heavy atom. The third kappa shape index (κ3) is 7.28. The number of nitrogens with two attached hydrogens (primary N) is 2. The van der Waals surface area contributed by atoms with Gasteiger partial charge in [-0.1, -0.05) is 20.3 Å². The fourth-order valence-corrected chi connectivity index (χ4v) is 3.27. The van der Waals surface area contributed by atoms with Crippen molar-refractivity contribution in [2.24, 2.45) is 17.4 Å². The van der Waals surface area contributed by atoms with Gasteiger partial charge in [-0.3, -0.25) is 19.2 Å². The average molecular weight is 414 g/mol. The number of unbranched alkanes of at least 4 members (excludes halogenated alkanes) is 1. The van der Waals surface area contributed by atoms with Crippen LogP contribution in [0.3, 0.4) is 0 Å². The predicted octanol–water partition coefficient (Wildman–Crippen LogP) is -0.836. The summed E-state index contributed by atoms with van der Waals surface area (Å²) in [4.78, 5) is 50.4. The number of carboxylic acid groups (broad SMARTS) is 1. The number of carbonyl (C=O) groups excluding carboxylic acids is 3. The van der Waals surface area contributed by atoms with E-state index in [-0.39, 0.29) is 11.8 Å². The molecular formula is C19H35N5O5. The summed E-state index contributed by atoms with van der Waals surface area (Å²) in [6.07, 6.45) is 3.04. The molecule has 3 amide bonds. The standard InChI is InChI=1S/C19H35N5O5/c1-11(2)15(23-16(25)13(21)7-4-5-9-20)18(27)24-10-6-8-14(24)17(26)22-12(3)19(28)29/h11-15H,4-10,20-21H2,1-3H3,(H,22,26)(H,23,25)(H,28,29). The average Bonchev–Trinajstić information content (AvgIpc) is 3.14. The minimum atomic E-state index is -1.15. The van der Waals surface area contributed by atoms with Crippen LogP contribution in [0.2, 0.25) is 0 Å². The minimum absolute atomic E-state index is 0.204. The van der Waals surface area contributed by atoms with Crippen molar-refractivity contribution in [2.75, 3.05) is 13.1 Å². The third-order valence-corrected chi connectivity index (χ3v) is 5.10. The van der Waals surface area contributed by atoms with Gasteiger partial charge in [0.1, 0.15) is 18.1 Å². The Morgan fingerprint density at radius 2 is 1.79 bits per heavy atom. The highest BCUT2D eigenvalue weighted by Gasteiger charge is 2.39. The van der Waals surface area contributed by atoms with Crippen LogP contribution in [0.1, 0.15) is 52.9 Å². The van der Waals surface area contributed by atoms with E-state index in [4.69, 9.17) is 16.6 Å². The van der Waals surface area contributed by atoms with Crippen LogP contribution in [-0.2, 0) is 19.2 Å². The van der Waals surface area contributed by atoms with E-state index >= 15 is 0 Å². The van der Waals surface area contributed by atoms with Crippen LogP contribution < -0.4 is 22.1 Å². The SMILES string of the molecule is CC(NC(=O)C1CCCN1C(=O)C(NC(=O)C(N)CCCCN)C(C)C)C(=O)O. The topological polar surface area (TPSA) is 168 Å². The van der Waals surface area contributed by atoms with E-state index in [2.05, 4.69) is 10.6 Å². The quantitative estimate of drug-likeness (QED) is 0.275. The van der Waals surface area contributed by atoms with Crippen molar-refractivity contribution in [1.82, 2.24) is 15.5 Å². The smallest absolute Gasteiger partial charge is 0.325 e. The lowest BCUT2D eigenvalue weighted by Crippen LogP contribution is -2.58. The molecule has 1 aliphatic heterocycles. The number of carboxylic acids is 1. The monoisotopic (exact) mass is 413 g/mol. The van der Waals surface area contributed by atoms with E-state index in [0.29, 0.717) is 32.4 Å². The molecule has 0 bridgehead atoms. The minimum Gasteiger partial charge on any atom is -0.480 e. The molecule has 0 aromatic heterocycles. The second kappa shape index (κ2) is 11.7. The molecule has 29 heavy (non-hydrogen) atoms. The number of aliphatic carboxylic acids is 1. The number of hydrogen-bond donors (Lipinski definition) is 5. The molecule has 4 unspecified atom stereocenters. The number of carbonyl (C=O) groups is 4. The van der Waals surface area contributed by atoms with Gasteiger partial charge in [-0.25, -0.2) is 0 Å². The Labute approximate surface area is 171 Å². The summed E-state index contributed by atoms with van der Waals surface area (Å²) in [5.74, 6) is -2.62. The Hall–Kier alpha value is -2.20. The first-order chi connectivity index (χ1) is 13.6. The zero-order chi connectivity index (χ0) is 22.1. The lowest BCUT2D eigenvalue weighted by atomic mass is 10.0. The maximum atomic E-state index is 13.1. The van der Waals surface area contributed by atoms with E-state index in [0.717, 1.165) is 12.8 Å². The molecule has 1 aliphatic rings. The molecule has 1 rings (SSSR count). The molecule has 0 spiro atoms. The molecule has 10 nitrogen and oxygen atoms in total. The number of nitrogens with zero attached hydrogens (tertiary/aromatic N) is 1. The van der Waals surface area contributed by atoms with Crippen LogP contribution in [0.4, 0.5) is 0 Å². The van der Waals surface area contributed by atoms with Crippen molar-refractivity contribution < 1.29 is 24.3 Å². The van der Waals surface area contributed by atoms with Gasteiger partial charge < -0.3 is 32.1 Å². The molecule has 0 aromatic rings. The number of rotatable bonds is 11. The van der Waals surface area contributed by atoms with Gasteiger partial charge in [0.05, 0.1) is 6.04 Å². The Morgan fingerprint density at radius 3 is 2.34 bits per heavy atom. The summed E-state index contributed by atoms with van der Waals surface area (Å²) in [6, 6.07) is -3.34. The van der Waals surface area contributed by atoms with E-state index in [9.17, 15) is 19.2 Å². The number of likely N-dealkylation sites (tertiary alicyclic amines) is 1. The number of hydrogen-bond acceptors (Lipinski definition) is 6. The summed E-state index contributed by atoms with van der Waals surface area (Å²) in [5, 5.41) is 14.1. The molecule has 0 aliphatic carbocycles. The maximum Gasteiger partial charge on any atom is 0.325 e. The Bertz CT molecular complexity index is 598. The van der Waals surface area contributed by atoms with Crippen LogP contribution >= 0.6 is 0 Å². The number of nitrogens with one attached hydrogen (secondary N) is 2. The fraction of sp³-hybridized carbons (Fsp3) is 0.789. The van der Waals surface area contributed by atoms with Crippen molar-refractivity contribution in [3.05, 3.63) is 0 Å². The predicted molar refractivity (Wildman–Crippen MR) is 108 cm³/mol. The van der Waals surface area contributed by atoms with Crippen LogP contribution in [0.15, 0.2) is 0 Å². The molecule has 4 atom stereocenters. The van der Waals surface area contributed by atoms with Crippen LogP contribution in [-0.4, -0.2) is 71.0 Å². The van der Waals surface area contributed by atoms with Crippen molar-refractivity contribution in [2.45, 2.75) is 77.0 Å². The largest absolute Gasteiger partial charge is 0.480 e. The van der Waals surface area contributed by atoms with E-state index in [1.165, 1.54) is 11.8 Å². The van der Waals surface area contributed by atoms with Crippen LogP contribution in [0.5, 0.6) is 0 Å². The second-order valence-corrected chi connectivity index (χ2v) is 7.88. The second-order valence-electron chi connectivity index (χ2n) is 7.88. The first-order valence-corrected chi connectivity index (χ1v) is 10.2. The molecule has 0 aromatic carbocycles. The normalized spacial score (nSPS) is 19.5. The van der Waals surface area contributed by atoms with Gasteiger partial charge in [0.15, 0.2) is 0 Å². The molecule has 166 valence electrons. The van der Waals surface area contributed by atoms with Crippen LogP contribution in [0, 0.1) is 5.92 Å². The summed E-state index contributed by atoms with van der Waals surface area (Å²) < 4.78 is 0. The first kappa shape index (κ1) is 24.8. The molecule has 1 heterocycles. The third-order valence-electron chi connectivity index (χ3n) is 5.10. The molecule has 7 N–H and O–H groups in total. The van der Waals surface area contributed by atoms with Crippen molar-refractivity contribution in [3.63, 3.8) is 0 Å². The van der Waals surface area contributed by atoms with Crippen LogP contribution in [0.25, 0.3) is 0 Å². The van der Waals surface area contributed by atoms with Crippen molar-refractivity contribution in [3.8, 4) is 0 Å². The molecule has 0 radical (unpaired) electrons. The Balaban J connectivity index is 2.80. The van der Waals surface area contributed by atoms with Gasteiger partial charge in [-0.15, -0.1) is 0 Å². The molecule has 10 heteroatoms. The van der Waals surface area contributed by atoms with Gasteiger partial charge in [0.25, 0.3) is 0 Å². The summed E-state index contributed by atoms with van der Waals surface area (Å²) in [7, 11) is 0. The van der Waals surface area contributed by atoms with Crippen molar-refractivity contribution >= 4 is 23.7 Å². The highest BCUT2D eigenvalue weighted by atomic mass is 16.4. The van der Waals surface area contributed by atoms with Gasteiger partial charge in [0.2, 0.25) is 17.7 Å². The van der Waals surface area contributed by atoms with Gasteiger partial charge in [-0.2, -0.15) is 0 Å². The number of amides is 3. The lowest BCUT2D eigenvalue weighted by Gasteiger charge is -2.31. The zero-order valence-electron chi connectivity index (χ0n) is 17.5. The Kier molecular flexibility index (Phi) is 10.0. The lowest BCUT2D eigenvalue weighted by molar-refractivity contribution is -0.145. The maximum absolute atomic E-state index is 13.1. The van der Waals surface area contributed by atoms with Crippen molar-refractivity contribution in [1.29, 1.82) is 0 Å². The first-order valence-electron chi connectivity index (χ1n) is 10.2.